The molecule has 3 unspecified atom stereocenters. The minimum atomic E-state index is -2.80. The van der Waals surface area contributed by atoms with Gasteiger partial charge in [0.2, 0.25) is 0 Å². The fourth-order valence-electron chi connectivity index (χ4n) is 7.70. The van der Waals surface area contributed by atoms with E-state index in [4.69, 9.17) is 0 Å². The smallest absolute Gasteiger partial charge is 0.189 e. The Morgan fingerprint density at radius 2 is 0.618 bits per heavy atom. The van der Waals surface area contributed by atoms with E-state index in [0.29, 0.717) is 19.3 Å². The lowest BCUT2D eigenvalue weighted by atomic mass is 9.78. The van der Waals surface area contributed by atoms with Gasteiger partial charge < -0.3 is 15.3 Å². The van der Waals surface area contributed by atoms with Crippen LogP contribution in [-0.4, -0.2) is 50.5 Å². The molecule has 3 atom stereocenters. The summed E-state index contributed by atoms with van der Waals surface area (Å²) in [7, 11) is 0. The van der Waals surface area contributed by atoms with Crippen LogP contribution in [0.5, 0.6) is 0 Å². The maximum atomic E-state index is 13.5. The Hall–Kier alpha value is -1.37. The van der Waals surface area contributed by atoms with Gasteiger partial charge in [0.05, 0.1) is 0 Å². The lowest BCUT2D eigenvalue weighted by Crippen LogP contribution is -2.63. The summed E-state index contributed by atoms with van der Waals surface area (Å²) < 4.78 is 0. The van der Waals surface area contributed by atoms with Crippen molar-refractivity contribution in [2.75, 3.05) is 0 Å². The van der Waals surface area contributed by atoms with Gasteiger partial charge in [-0.05, 0) is 44.9 Å². The molecule has 0 aromatic carbocycles. The Kier molecular flexibility index (Phi) is 38.5. The van der Waals surface area contributed by atoms with E-state index in [9.17, 15) is 29.7 Å². The summed E-state index contributed by atoms with van der Waals surface area (Å²) in [6, 6.07) is 0. The first-order chi connectivity index (χ1) is 26.8. The highest BCUT2D eigenvalue weighted by atomic mass is 16.4. The number of carbonyl (C=O) groups excluding carboxylic acids is 3. The van der Waals surface area contributed by atoms with Crippen molar-refractivity contribution in [3.8, 4) is 0 Å². The molecule has 0 bridgehead atoms. The molecule has 0 fully saturated rings. The standard InChI is InChI=1S/C49H92O6/c1-4-7-10-13-16-19-22-23-24-25-28-30-33-36-39-42-45(51)48(54)49(55,46(52)43-40-37-34-31-27-21-18-15-12-9-6-3)47(53)44(50)41-38-35-32-29-26-20-17-14-11-8-5-2/h23-24,47-48,53-55H,4-22,25-43H2,1-3H3. The van der Waals surface area contributed by atoms with E-state index in [2.05, 4.69) is 32.9 Å². The first-order valence-electron chi connectivity index (χ1n) is 24.1. The number of Topliss-reactive ketones (excluding diaryl/α,β-unsaturated/α-hetero) is 3. The van der Waals surface area contributed by atoms with Gasteiger partial charge in [-0.2, -0.15) is 0 Å². The zero-order chi connectivity index (χ0) is 40.7. The lowest BCUT2D eigenvalue weighted by Gasteiger charge is -2.34. The molecule has 6 heteroatoms. The second-order valence-corrected chi connectivity index (χ2v) is 16.9. The third-order valence-electron chi connectivity index (χ3n) is 11.6. The molecule has 0 aliphatic rings. The Morgan fingerprint density at radius 1 is 0.382 bits per heavy atom. The molecule has 0 saturated carbocycles. The Morgan fingerprint density at radius 3 is 0.909 bits per heavy atom. The second kappa shape index (κ2) is 39.5. The first kappa shape index (κ1) is 53.6. The summed E-state index contributed by atoms with van der Waals surface area (Å²) in [5.41, 5.74) is -2.80. The highest BCUT2D eigenvalue weighted by Gasteiger charge is 2.53. The number of hydrogen-bond acceptors (Lipinski definition) is 6. The zero-order valence-electron chi connectivity index (χ0n) is 36.7. The van der Waals surface area contributed by atoms with Gasteiger partial charge in [-0.1, -0.05) is 213 Å². The molecule has 55 heavy (non-hydrogen) atoms. The highest BCUT2D eigenvalue weighted by molar-refractivity contribution is 6.01. The molecular formula is C49H92O6. The number of allylic oxidation sites excluding steroid dienone is 2. The molecule has 0 aromatic heterocycles. The molecule has 0 rings (SSSR count). The van der Waals surface area contributed by atoms with E-state index < -0.39 is 35.2 Å². The van der Waals surface area contributed by atoms with Crippen molar-refractivity contribution < 1.29 is 29.7 Å². The predicted molar refractivity (Wildman–Crippen MR) is 234 cm³/mol. The number of rotatable bonds is 44. The van der Waals surface area contributed by atoms with E-state index in [1.54, 1.807) is 0 Å². The Balaban J connectivity index is 4.81. The van der Waals surface area contributed by atoms with Crippen LogP contribution in [-0.2, 0) is 14.4 Å². The van der Waals surface area contributed by atoms with Crippen molar-refractivity contribution in [3.05, 3.63) is 12.2 Å². The number of carbonyl (C=O) groups is 3. The molecule has 3 N–H and O–H groups in total. The van der Waals surface area contributed by atoms with E-state index in [0.717, 1.165) is 77.0 Å². The maximum Gasteiger partial charge on any atom is 0.189 e. The van der Waals surface area contributed by atoms with Crippen molar-refractivity contribution >= 4 is 17.3 Å². The number of aliphatic hydroxyl groups excluding tert-OH is 2. The predicted octanol–water partition coefficient (Wildman–Crippen LogP) is 13.6. The molecular weight excluding hydrogens is 685 g/mol. The Bertz CT molecular complexity index is 915. The van der Waals surface area contributed by atoms with E-state index in [1.165, 1.54) is 128 Å². The van der Waals surface area contributed by atoms with Gasteiger partial charge in [0.25, 0.3) is 0 Å². The van der Waals surface area contributed by atoms with Crippen molar-refractivity contribution in [2.45, 2.75) is 283 Å². The van der Waals surface area contributed by atoms with Gasteiger partial charge in [-0.3, -0.25) is 14.4 Å². The largest absolute Gasteiger partial charge is 0.382 e. The van der Waals surface area contributed by atoms with Crippen LogP contribution in [0.3, 0.4) is 0 Å². The summed E-state index contributed by atoms with van der Waals surface area (Å²) >= 11 is 0. The van der Waals surface area contributed by atoms with E-state index in [1.807, 2.05) is 0 Å². The van der Waals surface area contributed by atoms with Gasteiger partial charge in [-0.25, -0.2) is 0 Å². The average Bonchev–Trinajstić information content (AvgIpc) is 3.19. The fraction of sp³-hybridized carbons (Fsp3) is 0.898. The minimum Gasteiger partial charge on any atom is -0.382 e. The molecule has 0 aliphatic carbocycles. The van der Waals surface area contributed by atoms with Crippen LogP contribution in [0.1, 0.15) is 265 Å². The van der Waals surface area contributed by atoms with Crippen LogP contribution < -0.4 is 0 Å². The third kappa shape index (κ3) is 29.5. The van der Waals surface area contributed by atoms with Crippen LogP contribution in [0.15, 0.2) is 12.2 Å². The molecule has 0 aliphatic heterocycles. The molecule has 0 aromatic rings. The number of hydrogen-bond donors (Lipinski definition) is 3. The average molecular weight is 777 g/mol. The third-order valence-corrected chi connectivity index (χ3v) is 11.6. The van der Waals surface area contributed by atoms with Crippen LogP contribution >= 0.6 is 0 Å². The molecule has 6 nitrogen and oxygen atoms in total. The van der Waals surface area contributed by atoms with Gasteiger partial charge in [0, 0.05) is 19.3 Å². The zero-order valence-corrected chi connectivity index (χ0v) is 36.7. The van der Waals surface area contributed by atoms with Crippen LogP contribution in [0, 0.1) is 0 Å². The quantitative estimate of drug-likeness (QED) is 0.0420. The normalized spacial score (nSPS) is 14.0. The van der Waals surface area contributed by atoms with Crippen LogP contribution in [0.25, 0.3) is 0 Å². The summed E-state index contributed by atoms with van der Waals surface area (Å²) in [5.74, 6) is -2.14. The second-order valence-electron chi connectivity index (χ2n) is 16.9. The highest BCUT2D eigenvalue weighted by Crippen LogP contribution is 2.26. The first-order valence-corrected chi connectivity index (χ1v) is 24.1. The maximum absolute atomic E-state index is 13.5. The summed E-state index contributed by atoms with van der Waals surface area (Å²) in [6.07, 6.45) is 39.4. The molecule has 0 saturated heterocycles. The SMILES string of the molecule is CCCCCCCCC=CCCCCCCCC(=O)C(O)C(O)(C(=O)CCCCCCCCCCCCC)C(O)C(=O)CCCCCCCCCCCCC. The lowest BCUT2D eigenvalue weighted by molar-refractivity contribution is -0.181. The summed E-state index contributed by atoms with van der Waals surface area (Å²) in [6.45, 7) is 6.70. The summed E-state index contributed by atoms with van der Waals surface area (Å²) in [5, 5.41) is 33.9. The van der Waals surface area contributed by atoms with E-state index in [-0.39, 0.29) is 19.3 Å². The monoisotopic (exact) mass is 777 g/mol. The number of unbranched alkanes of at least 4 members (excludes halogenated alkanes) is 31. The minimum absolute atomic E-state index is 0.00682. The Labute approximate surface area is 340 Å². The van der Waals surface area contributed by atoms with Gasteiger partial charge in [0.15, 0.2) is 35.2 Å². The fourth-order valence-corrected chi connectivity index (χ4v) is 7.70. The molecule has 324 valence electrons. The number of ketones is 3. The van der Waals surface area contributed by atoms with Crippen molar-refractivity contribution in [1.82, 2.24) is 0 Å². The van der Waals surface area contributed by atoms with Crippen molar-refractivity contribution in [1.29, 1.82) is 0 Å². The van der Waals surface area contributed by atoms with Gasteiger partial charge in [0.1, 0.15) is 0 Å². The number of aliphatic hydroxyl groups is 3. The van der Waals surface area contributed by atoms with Crippen molar-refractivity contribution in [3.63, 3.8) is 0 Å². The molecule has 0 spiro atoms. The van der Waals surface area contributed by atoms with Gasteiger partial charge >= 0.3 is 0 Å². The van der Waals surface area contributed by atoms with Crippen LogP contribution in [0.4, 0.5) is 0 Å². The summed E-state index contributed by atoms with van der Waals surface area (Å²) in [4.78, 5) is 39.8. The topological polar surface area (TPSA) is 112 Å². The van der Waals surface area contributed by atoms with Crippen LogP contribution in [0.2, 0.25) is 0 Å². The molecule has 0 heterocycles. The molecule has 0 amide bonds. The van der Waals surface area contributed by atoms with E-state index >= 15 is 0 Å². The molecule has 0 radical (unpaired) electrons. The van der Waals surface area contributed by atoms with Gasteiger partial charge in [-0.15, -0.1) is 0 Å². The van der Waals surface area contributed by atoms with Crippen molar-refractivity contribution in [2.24, 2.45) is 0 Å².